The van der Waals surface area contributed by atoms with Crippen LogP contribution in [0.4, 0.5) is 0 Å². The van der Waals surface area contributed by atoms with E-state index in [4.69, 9.17) is 4.74 Å². The number of rotatable bonds is 2. The summed E-state index contributed by atoms with van der Waals surface area (Å²) < 4.78 is 8.17. The summed E-state index contributed by atoms with van der Waals surface area (Å²) in [6, 6.07) is 11.4. The molecule has 1 N–H and O–H groups in total. The van der Waals surface area contributed by atoms with Gasteiger partial charge in [0, 0.05) is 61.4 Å². The number of carbonyl (C=O) groups excluding carboxylic acids is 2. The van der Waals surface area contributed by atoms with Crippen molar-refractivity contribution >= 4 is 22.6 Å². The first-order valence-electron chi connectivity index (χ1n) is 11.5. The maximum atomic E-state index is 13.1. The number of nitrogens with one attached hydrogen (secondary N) is 1. The number of piperidine rings is 1. The number of carbonyl (C=O) groups is 2. The maximum absolute atomic E-state index is 13.1. The number of benzene rings is 2. The van der Waals surface area contributed by atoms with Crippen molar-refractivity contribution in [2.45, 2.75) is 31.8 Å². The largest absolute Gasteiger partial charge is 0.486 e. The molecule has 8 heteroatoms. The van der Waals surface area contributed by atoms with Crippen LogP contribution >= 0.6 is 0 Å². The molecule has 0 atom stereocenters. The fraction of sp³-hybridized carbons (Fsp3) is 0.308. The molecule has 0 bridgehead atoms. The minimum Gasteiger partial charge on any atom is -0.486 e. The summed E-state index contributed by atoms with van der Waals surface area (Å²) in [5.74, 6) is 0.704. The molecule has 2 aliphatic rings. The molecular weight excluding hydrogens is 430 g/mol. The van der Waals surface area contributed by atoms with E-state index >= 15 is 0 Å². The van der Waals surface area contributed by atoms with Gasteiger partial charge in [-0.3, -0.25) is 19.4 Å². The molecule has 1 amide bonds. The third-order valence-corrected chi connectivity index (χ3v) is 7.08. The number of nitrogens with zero attached hydrogens (tertiary/aromatic N) is 4. The SMILES string of the molecule is Cc1[nH]nc2cc(C(=O)N3CCC4(CC3)CC(=O)c3cc(-c5cnn(C)c5)ccc3O4)ccc12. The first kappa shape index (κ1) is 20.7. The monoisotopic (exact) mass is 455 g/mol. The molecule has 1 fully saturated rings. The average molecular weight is 456 g/mol. The number of ketones is 1. The molecule has 172 valence electrons. The number of Topliss-reactive ketones (excluding diaryl/α,β-unsaturated/α-hetero) is 1. The summed E-state index contributed by atoms with van der Waals surface area (Å²) >= 11 is 0. The molecule has 2 aliphatic heterocycles. The fourth-order valence-corrected chi connectivity index (χ4v) is 5.10. The Morgan fingerprint density at radius 3 is 2.71 bits per heavy atom. The molecule has 0 aliphatic carbocycles. The van der Waals surface area contributed by atoms with Crippen LogP contribution in [0.25, 0.3) is 22.0 Å². The number of hydrogen-bond acceptors (Lipinski definition) is 5. The second kappa shape index (κ2) is 7.55. The second-order valence-corrected chi connectivity index (χ2v) is 9.37. The highest BCUT2D eigenvalue weighted by Gasteiger charge is 2.43. The first-order valence-corrected chi connectivity index (χ1v) is 11.5. The van der Waals surface area contributed by atoms with Crippen LogP contribution in [0.1, 0.15) is 45.7 Å². The van der Waals surface area contributed by atoms with Crippen LogP contribution in [0.2, 0.25) is 0 Å². The average Bonchev–Trinajstić information content (AvgIpc) is 3.44. The minimum absolute atomic E-state index is 0.0129. The number of fused-ring (bicyclic) bond motifs is 2. The Labute approximate surface area is 196 Å². The standard InChI is InChI=1S/C26H25N5O3/c1-16-20-5-3-18(12-22(20)29-28-16)25(33)31-9-7-26(8-10-31)13-23(32)21-11-17(4-6-24(21)34-26)19-14-27-30(2)15-19/h3-6,11-12,14-15H,7-10,13H2,1-2H3,(H,28,29). The van der Waals surface area contributed by atoms with E-state index < -0.39 is 5.60 Å². The Bertz CT molecular complexity index is 1440. The van der Waals surface area contributed by atoms with Gasteiger partial charge in [0.05, 0.1) is 23.7 Å². The van der Waals surface area contributed by atoms with Crippen molar-refractivity contribution in [3.8, 4) is 16.9 Å². The van der Waals surface area contributed by atoms with E-state index in [1.165, 1.54) is 0 Å². The number of likely N-dealkylation sites (tertiary alicyclic amines) is 1. The van der Waals surface area contributed by atoms with Gasteiger partial charge in [-0.05, 0) is 36.8 Å². The van der Waals surface area contributed by atoms with Crippen LogP contribution in [0.5, 0.6) is 5.75 Å². The van der Waals surface area contributed by atoms with Gasteiger partial charge < -0.3 is 9.64 Å². The van der Waals surface area contributed by atoms with Crippen molar-refractivity contribution in [1.29, 1.82) is 0 Å². The zero-order valence-electron chi connectivity index (χ0n) is 19.2. The lowest BCUT2D eigenvalue weighted by Gasteiger charge is -2.44. The van der Waals surface area contributed by atoms with Gasteiger partial charge in [0.2, 0.25) is 0 Å². The minimum atomic E-state index is -0.556. The van der Waals surface area contributed by atoms with Crippen molar-refractivity contribution in [3.63, 3.8) is 0 Å². The van der Waals surface area contributed by atoms with E-state index in [-0.39, 0.29) is 11.7 Å². The molecule has 34 heavy (non-hydrogen) atoms. The topological polar surface area (TPSA) is 93.1 Å². The lowest BCUT2D eigenvalue weighted by atomic mass is 9.82. The Balaban J connectivity index is 1.18. The normalized spacial score (nSPS) is 17.1. The van der Waals surface area contributed by atoms with E-state index in [0.717, 1.165) is 27.7 Å². The summed E-state index contributed by atoms with van der Waals surface area (Å²) in [5, 5.41) is 12.5. The molecule has 2 aromatic carbocycles. The predicted molar refractivity (Wildman–Crippen MR) is 127 cm³/mol. The molecule has 1 spiro atoms. The van der Waals surface area contributed by atoms with Crippen LogP contribution in [-0.2, 0) is 7.05 Å². The number of hydrogen-bond donors (Lipinski definition) is 1. The summed E-state index contributed by atoms with van der Waals surface area (Å²) in [5.41, 5.74) is 4.38. The Morgan fingerprint density at radius 1 is 1.12 bits per heavy atom. The number of amides is 1. The first-order chi connectivity index (χ1) is 16.4. The van der Waals surface area contributed by atoms with Gasteiger partial charge in [0.1, 0.15) is 11.4 Å². The molecule has 0 unspecified atom stereocenters. The van der Waals surface area contributed by atoms with E-state index in [9.17, 15) is 9.59 Å². The van der Waals surface area contributed by atoms with Crippen LogP contribution in [-0.4, -0.2) is 55.3 Å². The van der Waals surface area contributed by atoms with Gasteiger partial charge in [-0.15, -0.1) is 0 Å². The molecule has 4 aromatic rings. The highest BCUT2D eigenvalue weighted by atomic mass is 16.5. The van der Waals surface area contributed by atoms with Crippen LogP contribution < -0.4 is 4.74 Å². The summed E-state index contributed by atoms with van der Waals surface area (Å²) in [6.45, 7) is 3.06. The Hall–Kier alpha value is -3.94. The zero-order valence-corrected chi connectivity index (χ0v) is 19.2. The van der Waals surface area contributed by atoms with E-state index in [1.807, 2.05) is 61.5 Å². The van der Waals surface area contributed by atoms with E-state index in [2.05, 4.69) is 15.3 Å². The second-order valence-electron chi connectivity index (χ2n) is 9.37. The molecule has 4 heterocycles. The van der Waals surface area contributed by atoms with Gasteiger partial charge in [0.15, 0.2) is 5.78 Å². The highest BCUT2D eigenvalue weighted by molar-refractivity contribution is 6.02. The Morgan fingerprint density at radius 2 is 1.94 bits per heavy atom. The fourth-order valence-electron chi connectivity index (χ4n) is 5.10. The van der Waals surface area contributed by atoms with Crippen LogP contribution in [0.3, 0.4) is 0 Å². The molecular formula is C26H25N5O3. The number of ether oxygens (including phenoxy) is 1. The number of aromatic nitrogens is 4. The number of H-pyrrole nitrogens is 1. The summed E-state index contributed by atoms with van der Waals surface area (Å²) in [6.07, 6.45) is 5.29. The highest BCUT2D eigenvalue weighted by Crippen LogP contribution is 2.41. The number of aromatic amines is 1. The lowest BCUT2D eigenvalue weighted by molar-refractivity contribution is -0.00569. The molecule has 2 aromatic heterocycles. The molecule has 8 nitrogen and oxygen atoms in total. The lowest BCUT2D eigenvalue weighted by Crippen LogP contribution is -2.52. The van der Waals surface area contributed by atoms with Crippen molar-refractivity contribution in [3.05, 3.63) is 65.6 Å². The summed E-state index contributed by atoms with van der Waals surface area (Å²) in [7, 11) is 1.87. The van der Waals surface area contributed by atoms with Crippen molar-refractivity contribution in [1.82, 2.24) is 24.9 Å². The molecule has 0 saturated carbocycles. The third kappa shape index (κ3) is 3.37. The van der Waals surface area contributed by atoms with E-state index in [0.29, 0.717) is 49.2 Å². The van der Waals surface area contributed by atoms with Gasteiger partial charge in [0.25, 0.3) is 5.91 Å². The van der Waals surface area contributed by atoms with Gasteiger partial charge in [-0.2, -0.15) is 10.2 Å². The Kier molecular flexibility index (Phi) is 4.58. The molecule has 0 radical (unpaired) electrons. The van der Waals surface area contributed by atoms with Crippen molar-refractivity contribution < 1.29 is 14.3 Å². The van der Waals surface area contributed by atoms with Gasteiger partial charge in [-0.1, -0.05) is 12.1 Å². The third-order valence-electron chi connectivity index (χ3n) is 7.08. The van der Waals surface area contributed by atoms with Crippen molar-refractivity contribution in [2.24, 2.45) is 7.05 Å². The van der Waals surface area contributed by atoms with Crippen molar-refractivity contribution in [2.75, 3.05) is 13.1 Å². The summed E-state index contributed by atoms with van der Waals surface area (Å²) in [4.78, 5) is 28.1. The molecule has 6 rings (SSSR count). The quantitative estimate of drug-likeness (QED) is 0.495. The van der Waals surface area contributed by atoms with Gasteiger partial charge in [-0.25, -0.2) is 0 Å². The zero-order chi connectivity index (χ0) is 23.4. The maximum Gasteiger partial charge on any atom is 0.253 e. The van der Waals surface area contributed by atoms with Crippen LogP contribution in [0, 0.1) is 6.92 Å². The number of aryl methyl sites for hydroxylation is 2. The smallest absolute Gasteiger partial charge is 0.253 e. The van der Waals surface area contributed by atoms with E-state index in [1.54, 1.807) is 10.9 Å². The van der Waals surface area contributed by atoms with Crippen LogP contribution in [0.15, 0.2) is 48.8 Å². The predicted octanol–water partition coefficient (Wildman–Crippen LogP) is 3.91. The van der Waals surface area contributed by atoms with Gasteiger partial charge >= 0.3 is 0 Å². The molecule has 1 saturated heterocycles.